The summed E-state index contributed by atoms with van der Waals surface area (Å²) < 4.78 is 11.2. The Morgan fingerprint density at radius 1 is 1.32 bits per heavy atom. The molecule has 0 amide bonds. The van der Waals surface area contributed by atoms with Gasteiger partial charge < -0.3 is 14.8 Å². The lowest BCUT2D eigenvalue weighted by Crippen LogP contribution is -2.21. The van der Waals surface area contributed by atoms with Gasteiger partial charge >= 0.3 is 0 Å². The monoisotopic (exact) mass is 285 g/mol. The highest BCUT2D eigenvalue weighted by Crippen LogP contribution is 2.22. The first-order valence-electron chi connectivity index (χ1n) is 7.03. The van der Waals surface area contributed by atoms with Crippen LogP contribution in [0.25, 0.3) is 0 Å². The second kappa shape index (κ2) is 8.69. The summed E-state index contributed by atoms with van der Waals surface area (Å²) in [5.74, 6) is 0. The molecule has 1 aromatic heterocycles. The van der Waals surface area contributed by atoms with Gasteiger partial charge in [-0.15, -0.1) is 11.3 Å². The molecular weight excluding hydrogens is 258 g/mol. The zero-order valence-electron chi connectivity index (χ0n) is 12.8. The number of aryl methyl sites for hydroxylation is 1. The van der Waals surface area contributed by atoms with Gasteiger partial charge in [0.25, 0.3) is 0 Å². The molecule has 0 bridgehead atoms. The van der Waals surface area contributed by atoms with E-state index in [-0.39, 0.29) is 6.10 Å². The molecule has 1 N–H and O–H groups in total. The Morgan fingerprint density at radius 3 is 2.68 bits per heavy atom. The van der Waals surface area contributed by atoms with E-state index in [1.165, 1.54) is 15.3 Å². The van der Waals surface area contributed by atoms with Crippen LogP contribution in [-0.2, 0) is 22.6 Å². The molecule has 4 heteroatoms. The normalized spacial score (nSPS) is 13.2. The number of hydrogen-bond donors (Lipinski definition) is 1. The first-order chi connectivity index (χ1) is 9.02. The summed E-state index contributed by atoms with van der Waals surface area (Å²) in [6.45, 7) is 13.6. The Morgan fingerprint density at radius 2 is 2.05 bits per heavy atom. The first kappa shape index (κ1) is 16.6. The molecule has 1 atom stereocenters. The van der Waals surface area contributed by atoms with E-state index in [0.717, 1.165) is 13.2 Å². The standard InChI is InChI=1S/C15H27NO2S/c1-6-17-9-12(4)18-10-14-7-15(19-13(14)5)8-16-11(2)3/h7,11-12,16H,6,8-10H2,1-5H3. The predicted molar refractivity (Wildman–Crippen MR) is 81.8 cm³/mol. The van der Waals surface area contributed by atoms with Crippen LogP contribution in [0.4, 0.5) is 0 Å². The summed E-state index contributed by atoms with van der Waals surface area (Å²) in [5, 5.41) is 3.44. The van der Waals surface area contributed by atoms with Crippen LogP contribution in [0.5, 0.6) is 0 Å². The minimum Gasteiger partial charge on any atom is -0.379 e. The third-order valence-electron chi connectivity index (χ3n) is 2.84. The molecule has 0 aromatic carbocycles. The van der Waals surface area contributed by atoms with Crippen molar-refractivity contribution in [3.05, 3.63) is 21.4 Å². The lowest BCUT2D eigenvalue weighted by atomic mass is 10.2. The van der Waals surface area contributed by atoms with Gasteiger partial charge in [-0.1, -0.05) is 13.8 Å². The molecule has 0 spiro atoms. The van der Waals surface area contributed by atoms with Crippen molar-refractivity contribution >= 4 is 11.3 Å². The van der Waals surface area contributed by atoms with Crippen molar-refractivity contribution in [1.82, 2.24) is 5.32 Å². The largest absolute Gasteiger partial charge is 0.379 e. The zero-order chi connectivity index (χ0) is 14.3. The zero-order valence-corrected chi connectivity index (χ0v) is 13.6. The Kier molecular flexibility index (Phi) is 7.61. The summed E-state index contributed by atoms with van der Waals surface area (Å²) in [4.78, 5) is 2.73. The number of nitrogens with one attached hydrogen (secondary N) is 1. The van der Waals surface area contributed by atoms with Crippen molar-refractivity contribution in [1.29, 1.82) is 0 Å². The first-order valence-corrected chi connectivity index (χ1v) is 7.85. The van der Waals surface area contributed by atoms with Gasteiger partial charge in [-0.25, -0.2) is 0 Å². The molecule has 110 valence electrons. The van der Waals surface area contributed by atoms with Crippen LogP contribution in [0.1, 0.15) is 43.0 Å². The van der Waals surface area contributed by atoms with Crippen molar-refractivity contribution in [2.45, 2.75) is 59.9 Å². The van der Waals surface area contributed by atoms with Gasteiger partial charge in [-0.2, -0.15) is 0 Å². The summed E-state index contributed by atoms with van der Waals surface area (Å²) in [6, 6.07) is 2.77. The van der Waals surface area contributed by atoms with E-state index in [1.807, 2.05) is 18.3 Å². The van der Waals surface area contributed by atoms with Crippen LogP contribution >= 0.6 is 11.3 Å². The van der Waals surface area contributed by atoms with E-state index in [1.54, 1.807) is 0 Å². The van der Waals surface area contributed by atoms with Crippen molar-refractivity contribution in [3.63, 3.8) is 0 Å². The molecule has 19 heavy (non-hydrogen) atoms. The van der Waals surface area contributed by atoms with Crippen LogP contribution in [0.3, 0.4) is 0 Å². The molecule has 0 saturated heterocycles. The van der Waals surface area contributed by atoms with E-state index in [4.69, 9.17) is 9.47 Å². The molecule has 0 aliphatic carbocycles. The SMILES string of the molecule is CCOCC(C)OCc1cc(CNC(C)C)sc1C. The van der Waals surface area contributed by atoms with Crippen LogP contribution in [0.15, 0.2) is 6.07 Å². The number of hydrogen-bond acceptors (Lipinski definition) is 4. The van der Waals surface area contributed by atoms with Crippen LogP contribution in [-0.4, -0.2) is 25.4 Å². The molecule has 1 aromatic rings. The maximum Gasteiger partial charge on any atom is 0.0785 e. The Balaban J connectivity index is 2.41. The van der Waals surface area contributed by atoms with Gasteiger partial charge in [-0.05, 0) is 32.4 Å². The lowest BCUT2D eigenvalue weighted by molar-refractivity contribution is -0.0117. The topological polar surface area (TPSA) is 30.5 Å². The fraction of sp³-hybridized carbons (Fsp3) is 0.733. The average Bonchev–Trinajstić information content (AvgIpc) is 2.72. The third-order valence-corrected chi connectivity index (χ3v) is 3.93. The van der Waals surface area contributed by atoms with Gasteiger partial charge in [0.2, 0.25) is 0 Å². The summed E-state index contributed by atoms with van der Waals surface area (Å²) in [7, 11) is 0. The molecule has 0 fully saturated rings. The van der Waals surface area contributed by atoms with Crippen LogP contribution in [0, 0.1) is 6.92 Å². The van der Waals surface area contributed by atoms with E-state index >= 15 is 0 Å². The highest BCUT2D eigenvalue weighted by atomic mass is 32.1. The van der Waals surface area contributed by atoms with Crippen LogP contribution < -0.4 is 5.32 Å². The summed E-state index contributed by atoms with van der Waals surface area (Å²) >= 11 is 1.85. The maximum atomic E-state index is 5.81. The lowest BCUT2D eigenvalue weighted by Gasteiger charge is -2.12. The molecule has 0 aliphatic rings. The Hall–Kier alpha value is -0.420. The third kappa shape index (κ3) is 6.52. The van der Waals surface area contributed by atoms with Gasteiger partial charge in [0, 0.05) is 28.9 Å². The van der Waals surface area contributed by atoms with Crippen LogP contribution in [0.2, 0.25) is 0 Å². The number of ether oxygens (including phenoxy) is 2. The second-order valence-corrected chi connectivity index (χ2v) is 6.45. The van der Waals surface area contributed by atoms with Gasteiger partial charge in [-0.3, -0.25) is 0 Å². The fourth-order valence-corrected chi connectivity index (χ4v) is 2.69. The van der Waals surface area contributed by atoms with Crippen molar-refractivity contribution < 1.29 is 9.47 Å². The maximum absolute atomic E-state index is 5.81. The summed E-state index contributed by atoms with van der Waals surface area (Å²) in [6.07, 6.45) is 0.150. The van der Waals surface area contributed by atoms with E-state index in [0.29, 0.717) is 19.3 Å². The van der Waals surface area contributed by atoms with Gasteiger partial charge in [0.05, 0.1) is 19.3 Å². The van der Waals surface area contributed by atoms with E-state index < -0.39 is 0 Å². The smallest absolute Gasteiger partial charge is 0.0785 e. The van der Waals surface area contributed by atoms with Gasteiger partial charge in [0.15, 0.2) is 0 Å². The highest BCUT2D eigenvalue weighted by Gasteiger charge is 2.08. The van der Waals surface area contributed by atoms with E-state index in [2.05, 4.69) is 39.1 Å². The minimum atomic E-state index is 0.150. The second-order valence-electron chi connectivity index (χ2n) is 5.11. The molecule has 1 unspecified atom stereocenters. The fourth-order valence-electron chi connectivity index (χ4n) is 1.69. The average molecular weight is 285 g/mol. The Labute approximate surface area is 121 Å². The summed E-state index contributed by atoms with van der Waals surface area (Å²) in [5.41, 5.74) is 1.30. The molecule has 0 saturated carbocycles. The Bertz CT molecular complexity index is 363. The predicted octanol–water partition coefficient (Wildman–Crippen LogP) is 3.50. The molecular formula is C15H27NO2S. The molecule has 1 rings (SSSR count). The molecule has 0 aliphatic heterocycles. The van der Waals surface area contributed by atoms with Crippen molar-refractivity contribution in [2.75, 3.05) is 13.2 Å². The molecule has 0 radical (unpaired) electrons. The quantitative estimate of drug-likeness (QED) is 0.753. The molecule has 3 nitrogen and oxygen atoms in total. The van der Waals surface area contributed by atoms with Gasteiger partial charge in [0.1, 0.15) is 0 Å². The number of thiophene rings is 1. The van der Waals surface area contributed by atoms with Crippen molar-refractivity contribution in [2.24, 2.45) is 0 Å². The van der Waals surface area contributed by atoms with Crippen molar-refractivity contribution in [3.8, 4) is 0 Å². The molecule has 1 heterocycles. The minimum absolute atomic E-state index is 0.150. The highest BCUT2D eigenvalue weighted by molar-refractivity contribution is 7.12. The van der Waals surface area contributed by atoms with E-state index in [9.17, 15) is 0 Å². The number of rotatable bonds is 9.